The Kier molecular flexibility index (Phi) is 16.9. The predicted molar refractivity (Wildman–Crippen MR) is 112 cm³/mol. The van der Waals surface area contributed by atoms with Crippen LogP contribution in [-0.4, -0.2) is 25.0 Å². The fraction of sp³-hybridized carbons (Fsp3) is 1.00. The average molecular weight is 360 g/mol. The van der Waals surface area contributed by atoms with E-state index in [2.05, 4.69) is 25.9 Å². The van der Waals surface area contributed by atoms with Crippen molar-refractivity contribution in [2.45, 2.75) is 122 Å². The molecule has 0 saturated heterocycles. The molecule has 0 N–H and O–H groups in total. The highest BCUT2D eigenvalue weighted by Crippen LogP contribution is 2.30. The summed E-state index contributed by atoms with van der Waals surface area (Å²) in [6.45, 7) is 2.30. The topological polar surface area (TPSA) is 3.24 Å². The molecule has 2 heteroatoms. The van der Waals surface area contributed by atoms with Crippen molar-refractivity contribution in [3.8, 4) is 0 Å². The first-order valence-corrected chi connectivity index (χ1v) is 10.9. The van der Waals surface area contributed by atoms with Gasteiger partial charge in [0.15, 0.2) is 0 Å². The molecule has 1 aliphatic rings. The second kappa shape index (κ2) is 16.7. The number of nitrogens with zero attached hydrogens (tertiary/aromatic N) is 1. The molecular weight excluding hydrogens is 314 g/mol. The van der Waals surface area contributed by atoms with Gasteiger partial charge in [-0.15, -0.1) is 12.4 Å². The fourth-order valence-electron chi connectivity index (χ4n) is 4.45. The van der Waals surface area contributed by atoms with Gasteiger partial charge in [-0.1, -0.05) is 96.8 Å². The molecule has 1 unspecified atom stereocenters. The second-order valence-corrected chi connectivity index (χ2v) is 8.25. The van der Waals surface area contributed by atoms with E-state index in [-0.39, 0.29) is 12.4 Å². The van der Waals surface area contributed by atoms with Crippen LogP contribution in [0, 0.1) is 5.92 Å². The van der Waals surface area contributed by atoms with Gasteiger partial charge < -0.3 is 4.90 Å². The molecule has 0 bridgehead atoms. The smallest absolute Gasteiger partial charge is 0.0117 e. The van der Waals surface area contributed by atoms with E-state index in [9.17, 15) is 0 Å². The Bertz CT molecular complexity index is 248. The van der Waals surface area contributed by atoms with Gasteiger partial charge in [-0.2, -0.15) is 0 Å². The Labute approximate surface area is 159 Å². The Morgan fingerprint density at radius 1 is 0.708 bits per heavy atom. The van der Waals surface area contributed by atoms with Crippen molar-refractivity contribution < 1.29 is 0 Å². The molecule has 0 aromatic rings. The van der Waals surface area contributed by atoms with Crippen LogP contribution >= 0.6 is 12.4 Å². The third kappa shape index (κ3) is 11.7. The molecule has 1 aliphatic carbocycles. The van der Waals surface area contributed by atoms with Crippen LogP contribution in [0.15, 0.2) is 0 Å². The van der Waals surface area contributed by atoms with E-state index in [1.807, 2.05) is 0 Å². The minimum atomic E-state index is 0. The summed E-state index contributed by atoms with van der Waals surface area (Å²) >= 11 is 0. The number of halogens is 1. The maximum atomic E-state index is 2.52. The lowest BCUT2D eigenvalue weighted by Gasteiger charge is -2.35. The maximum absolute atomic E-state index is 2.52. The summed E-state index contributed by atoms with van der Waals surface area (Å²) in [6, 6.07) is 0.855. The standard InChI is InChI=1S/C22H45N.ClH/c1-4-5-6-7-8-9-10-11-12-13-17-20-22(23(2)3)21-18-15-14-16-19-21;/h21-22H,4-20H2,1-3H3;1H. The van der Waals surface area contributed by atoms with Crippen LogP contribution in [0.4, 0.5) is 0 Å². The van der Waals surface area contributed by atoms with Crippen LogP contribution < -0.4 is 0 Å². The molecule has 1 atom stereocenters. The van der Waals surface area contributed by atoms with E-state index in [4.69, 9.17) is 0 Å². The Morgan fingerprint density at radius 3 is 1.62 bits per heavy atom. The number of rotatable bonds is 14. The highest BCUT2D eigenvalue weighted by atomic mass is 35.5. The van der Waals surface area contributed by atoms with E-state index >= 15 is 0 Å². The minimum absolute atomic E-state index is 0. The van der Waals surface area contributed by atoms with E-state index in [0.717, 1.165) is 12.0 Å². The van der Waals surface area contributed by atoms with Crippen LogP contribution in [0.25, 0.3) is 0 Å². The van der Waals surface area contributed by atoms with Gasteiger partial charge in [-0.25, -0.2) is 0 Å². The van der Waals surface area contributed by atoms with Crippen molar-refractivity contribution >= 4 is 12.4 Å². The number of unbranched alkanes of at least 4 members (excludes halogenated alkanes) is 10. The molecule has 1 rings (SSSR count). The average Bonchev–Trinajstić information content (AvgIpc) is 2.56. The molecule has 1 fully saturated rings. The fourth-order valence-corrected chi connectivity index (χ4v) is 4.45. The first kappa shape index (κ1) is 24.2. The zero-order valence-corrected chi connectivity index (χ0v) is 17.8. The quantitative estimate of drug-likeness (QED) is 0.288. The number of hydrogen-bond acceptors (Lipinski definition) is 1. The summed E-state index contributed by atoms with van der Waals surface area (Å²) in [5.41, 5.74) is 0. The Hall–Kier alpha value is 0.250. The lowest BCUT2D eigenvalue weighted by molar-refractivity contribution is 0.157. The summed E-state index contributed by atoms with van der Waals surface area (Å²) in [4.78, 5) is 2.52. The SMILES string of the molecule is CCCCCCCCCCCCCC(C1CCCCC1)N(C)C.Cl. The van der Waals surface area contributed by atoms with Gasteiger partial charge >= 0.3 is 0 Å². The van der Waals surface area contributed by atoms with Crippen LogP contribution in [-0.2, 0) is 0 Å². The second-order valence-electron chi connectivity index (χ2n) is 8.25. The minimum Gasteiger partial charge on any atom is -0.306 e. The highest BCUT2D eigenvalue weighted by Gasteiger charge is 2.24. The van der Waals surface area contributed by atoms with Crippen LogP contribution in [0.2, 0.25) is 0 Å². The van der Waals surface area contributed by atoms with Gasteiger partial charge in [-0.3, -0.25) is 0 Å². The normalized spacial score (nSPS) is 17.0. The Balaban J connectivity index is 0.00000529. The highest BCUT2D eigenvalue weighted by molar-refractivity contribution is 5.85. The van der Waals surface area contributed by atoms with Crippen molar-refractivity contribution in [2.75, 3.05) is 14.1 Å². The van der Waals surface area contributed by atoms with Crippen LogP contribution in [0.1, 0.15) is 116 Å². The first-order chi connectivity index (χ1) is 11.3. The lowest BCUT2D eigenvalue weighted by Crippen LogP contribution is -2.36. The van der Waals surface area contributed by atoms with Crippen molar-refractivity contribution in [3.05, 3.63) is 0 Å². The molecule has 1 nitrogen and oxygen atoms in total. The molecule has 0 aliphatic heterocycles. The van der Waals surface area contributed by atoms with Crippen LogP contribution in [0.5, 0.6) is 0 Å². The predicted octanol–water partition coefficient (Wildman–Crippen LogP) is 7.62. The third-order valence-corrected chi connectivity index (χ3v) is 5.96. The first-order valence-electron chi connectivity index (χ1n) is 10.9. The molecule has 0 aromatic carbocycles. The molecule has 0 radical (unpaired) electrons. The summed E-state index contributed by atoms with van der Waals surface area (Å²) in [7, 11) is 4.61. The van der Waals surface area contributed by atoms with Crippen molar-refractivity contribution in [1.29, 1.82) is 0 Å². The van der Waals surface area contributed by atoms with Crippen molar-refractivity contribution in [3.63, 3.8) is 0 Å². The van der Waals surface area contributed by atoms with Gasteiger partial charge in [0.1, 0.15) is 0 Å². The molecule has 0 spiro atoms. The van der Waals surface area contributed by atoms with Crippen molar-refractivity contribution in [1.82, 2.24) is 4.90 Å². The van der Waals surface area contributed by atoms with E-state index < -0.39 is 0 Å². The maximum Gasteiger partial charge on any atom is 0.0117 e. The zero-order chi connectivity index (χ0) is 16.8. The molecule has 24 heavy (non-hydrogen) atoms. The zero-order valence-electron chi connectivity index (χ0n) is 17.0. The van der Waals surface area contributed by atoms with Gasteiger partial charge in [0.05, 0.1) is 0 Å². The third-order valence-electron chi connectivity index (χ3n) is 5.96. The van der Waals surface area contributed by atoms with Gasteiger partial charge in [-0.05, 0) is 39.3 Å². The summed E-state index contributed by atoms with van der Waals surface area (Å²) < 4.78 is 0. The van der Waals surface area contributed by atoms with Crippen LogP contribution in [0.3, 0.4) is 0 Å². The van der Waals surface area contributed by atoms with Gasteiger partial charge in [0, 0.05) is 6.04 Å². The molecule has 0 amide bonds. The van der Waals surface area contributed by atoms with E-state index in [0.29, 0.717) is 0 Å². The molecule has 0 heterocycles. The largest absolute Gasteiger partial charge is 0.306 e. The summed E-state index contributed by atoms with van der Waals surface area (Å²) in [6.07, 6.45) is 24.9. The van der Waals surface area contributed by atoms with E-state index in [1.54, 1.807) is 0 Å². The van der Waals surface area contributed by atoms with Gasteiger partial charge in [0.2, 0.25) is 0 Å². The van der Waals surface area contributed by atoms with Crippen molar-refractivity contribution in [2.24, 2.45) is 5.92 Å². The lowest BCUT2D eigenvalue weighted by atomic mass is 9.81. The van der Waals surface area contributed by atoms with Gasteiger partial charge in [0.25, 0.3) is 0 Å². The summed E-state index contributed by atoms with van der Waals surface area (Å²) in [5, 5.41) is 0. The molecule has 1 saturated carbocycles. The monoisotopic (exact) mass is 359 g/mol. The number of hydrogen-bond donors (Lipinski definition) is 0. The molecular formula is C22H46ClN. The Morgan fingerprint density at radius 2 is 1.17 bits per heavy atom. The summed E-state index contributed by atoms with van der Waals surface area (Å²) in [5.74, 6) is 0.988. The van der Waals surface area contributed by atoms with E-state index in [1.165, 1.54) is 109 Å². The molecule has 0 aromatic heterocycles. The molecule has 146 valence electrons.